The number of hydrogen-bond acceptors (Lipinski definition) is 3. The maximum absolute atomic E-state index is 12.0. The number of rotatable bonds is 7. The molecule has 0 saturated carbocycles. The first-order valence-corrected chi connectivity index (χ1v) is 7.02. The molecule has 1 aromatic carbocycles. The standard InChI is InChI=1S/C16H23NO3/c1-4-5-10-20-16(19)15(17-13(3)18)11-14-8-6-12(2)7-9-14/h6-9,15H,4-5,10-11H2,1-3H3,(H,17,18)/t15-/m0/s1. The van der Waals surface area contributed by atoms with E-state index >= 15 is 0 Å². The lowest BCUT2D eigenvalue weighted by Crippen LogP contribution is -2.42. The first-order valence-electron chi connectivity index (χ1n) is 7.02. The molecule has 0 aromatic heterocycles. The Kier molecular flexibility index (Phi) is 6.77. The van der Waals surface area contributed by atoms with Crippen LogP contribution in [0.15, 0.2) is 24.3 Å². The van der Waals surface area contributed by atoms with E-state index in [0.29, 0.717) is 13.0 Å². The summed E-state index contributed by atoms with van der Waals surface area (Å²) in [6.45, 7) is 5.85. The van der Waals surface area contributed by atoms with Crippen LogP contribution in [0.1, 0.15) is 37.8 Å². The summed E-state index contributed by atoms with van der Waals surface area (Å²) in [6, 6.07) is 7.28. The molecule has 0 heterocycles. The molecule has 1 rings (SSSR count). The number of ether oxygens (including phenoxy) is 1. The zero-order valence-corrected chi connectivity index (χ0v) is 12.4. The van der Waals surface area contributed by atoms with Gasteiger partial charge >= 0.3 is 5.97 Å². The predicted octanol–water partition coefficient (Wildman–Crippen LogP) is 2.39. The molecule has 1 atom stereocenters. The van der Waals surface area contributed by atoms with Crippen molar-refractivity contribution in [1.29, 1.82) is 0 Å². The van der Waals surface area contributed by atoms with E-state index < -0.39 is 6.04 Å². The summed E-state index contributed by atoms with van der Waals surface area (Å²) in [5.41, 5.74) is 2.16. The van der Waals surface area contributed by atoms with E-state index in [4.69, 9.17) is 4.74 Å². The molecule has 0 fully saturated rings. The van der Waals surface area contributed by atoms with Gasteiger partial charge in [0.25, 0.3) is 0 Å². The van der Waals surface area contributed by atoms with Gasteiger partial charge in [-0.05, 0) is 18.9 Å². The number of aryl methyl sites for hydroxylation is 1. The smallest absolute Gasteiger partial charge is 0.328 e. The van der Waals surface area contributed by atoms with Crippen molar-refractivity contribution in [3.63, 3.8) is 0 Å². The number of carbonyl (C=O) groups is 2. The van der Waals surface area contributed by atoms with Crippen molar-refractivity contribution in [2.24, 2.45) is 0 Å². The van der Waals surface area contributed by atoms with Gasteiger partial charge in [-0.1, -0.05) is 43.2 Å². The van der Waals surface area contributed by atoms with Crippen LogP contribution in [0.4, 0.5) is 0 Å². The molecule has 4 heteroatoms. The molecular formula is C16H23NO3. The summed E-state index contributed by atoms with van der Waals surface area (Å²) in [7, 11) is 0. The van der Waals surface area contributed by atoms with Crippen molar-refractivity contribution in [1.82, 2.24) is 5.32 Å². The molecule has 1 N–H and O–H groups in total. The molecule has 0 saturated heterocycles. The largest absolute Gasteiger partial charge is 0.464 e. The van der Waals surface area contributed by atoms with Crippen LogP contribution in [0.5, 0.6) is 0 Å². The van der Waals surface area contributed by atoms with Crippen LogP contribution < -0.4 is 5.32 Å². The van der Waals surface area contributed by atoms with E-state index in [1.165, 1.54) is 6.92 Å². The molecule has 0 spiro atoms. The van der Waals surface area contributed by atoms with Crippen molar-refractivity contribution >= 4 is 11.9 Å². The summed E-state index contributed by atoms with van der Waals surface area (Å²) < 4.78 is 5.19. The van der Waals surface area contributed by atoms with Gasteiger partial charge in [-0.2, -0.15) is 0 Å². The zero-order chi connectivity index (χ0) is 15.0. The van der Waals surface area contributed by atoms with E-state index in [0.717, 1.165) is 24.0 Å². The summed E-state index contributed by atoms with van der Waals surface area (Å²) in [6.07, 6.45) is 2.25. The fraction of sp³-hybridized carbons (Fsp3) is 0.500. The second-order valence-corrected chi connectivity index (χ2v) is 4.96. The molecule has 1 amide bonds. The number of unbranched alkanes of at least 4 members (excludes halogenated alkanes) is 1. The first kappa shape index (κ1) is 16.2. The molecule has 20 heavy (non-hydrogen) atoms. The molecule has 4 nitrogen and oxygen atoms in total. The van der Waals surface area contributed by atoms with Gasteiger partial charge < -0.3 is 10.1 Å². The van der Waals surface area contributed by atoms with Crippen LogP contribution in [-0.2, 0) is 20.7 Å². The van der Waals surface area contributed by atoms with E-state index in [1.807, 2.05) is 38.1 Å². The molecule has 0 aliphatic rings. The summed E-state index contributed by atoms with van der Waals surface area (Å²) in [4.78, 5) is 23.2. The van der Waals surface area contributed by atoms with Crippen LogP contribution >= 0.6 is 0 Å². The Balaban J connectivity index is 2.65. The van der Waals surface area contributed by atoms with Crippen molar-refractivity contribution in [2.75, 3.05) is 6.61 Å². The van der Waals surface area contributed by atoms with Crippen LogP contribution in [0, 0.1) is 6.92 Å². The Bertz CT molecular complexity index is 440. The Hall–Kier alpha value is -1.84. The number of nitrogens with one attached hydrogen (secondary N) is 1. The monoisotopic (exact) mass is 277 g/mol. The highest BCUT2D eigenvalue weighted by Crippen LogP contribution is 2.07. The minimum atomic E-state index is -0.618. The maximum Gasteiger partial charge on any atom is 0.328 e. The van der Waals surface area contributed by atoms with E-state index in [1.54, 1.807) is 0 Å². The van der Waals surface area contributed by atoms with E-state index in [9.17, 15) is 9.59 Å². The second-order valence-electron chi connectivity index (χ2n) is 4.96. The maximum atomic E-state index is 12.0. The number of esters is 1. The molecular weight excluding hydrogens is 254 g/mol. The van der Waals surface area contributed by atoms with Gasteiger partial charge in [-0.3, -0.25) is 4.79 Å². The highest BCUT2D eigenvalue weighted by atomic mass is 16.5. The van der Waals surface area contributed by atoms with Gasteiger partial charge in [0.15, 0.2) is 0 Å². The van der Waals surface area contributed by atoms with Gasteiger partial charge in [0.1, 0.15) is 6.04 Å². The van der Waals surface area contributed by atoms with E-state index in [2.05, 4.69) is 5.32 Å². The van der Waals surface area contributed by atoms with Crippen LogP contribution in [0.3, 0.4) is 0 Å². The molecule has 1 aromatic rings. The van der Waals surface area contributed by atoms with Gasteiger partial charge in [0, 0.05) is 13.3 Å². The molecule has 0 bridgehead atoms. The topological polar surface area (TPSA) is 55.4 Å². The Morgan fingerprint density at radius 2 is 1.90 bits per heavy atom. The predicted molar refractivity (Wildman–Crippen MR) is 78.4 cm³/mol. The Morgan fingerprint density at radius 1 is 1.25 bits per heavy atom. The van der Waals surface area contributed by atoms with Crippen molar-refractivity contribution in [2.45, 2.75) is 46.1 Å². The normalized spacial score (nSPS) is 11.8. The molecule has 0 unspecified atom stereocenters. The number of benzene rings is 1. The lowest BCUT2D eigenvalue weighted by Gasteiger charge is -2.17. The van der Waals surface area contributed by atoms with Gasteiger partial charge in [-0.15, -0.1) is 0 Å². The molecule has 110 valence electrons. The van der Waals surface area contributed by atoms with Crippen molar-refractivity contribution in [3.05, 3.63) is 35.4 Å². The SMILES string of the molecule is CCCCOC(=O)[C@H](Cc1ccc(C)cc1)NC(C)=O. The lowest BCUT2D eigenvalue weighted by atomic mass is 10.0. The average molecular weight is 277 g/mol. The Labute approximate surface area is 120 Å². The third-order valence-electron chi connectivity index (χ3n) is 2.96. The van der Waals surface area contributed by atoms with Crippen LogP contribution in [-0.4, -0.2) is 24.5 Å². The highest BCUT2D eigenvalue weighted by Gasteiger charge is 2.21. The molecule has 0 aliphatic carbocycles. The third-order valence-corrected chi connectivity index (χ3v) is 2.96. The molecule has 0 aliphatic heterocycles. The number of carbonyl (C=O) groups excluding carboxylic acids is 2. The van der Waals surface area contributed by atoms with Gasteiger partial charge in [0.2, 0.25) is 5.91 Å². The van der Waals surface area contributed by atoms with Crippen LogP contribution in [0.25, 0.3) is 0 Å². The fourth-order valence-electron chi connectivity index (χ4n) is 1.82. The summed E-state index contributed by atoms with van der Waals surface area (Å²) >= 11 is 0. The lowest BCUT2D eigenvalue weighted by molar-refractivity contribution is -0.147. The summed E-state index contributed by atoms with van der Waals surface area (Å²) in [5, 5.41) is 2.66. The zero-order valence-electron chi connectivity index (χ0n) is 12.4. The van der Waals surface area contributed by atoms with Crippen molar-refractivity contribution in [3.8, 4) is 0 Å². The van der Waals surface area contributed by atoms with Gasteiger partial charge in [0.05, 0.1) is 6.61 Å². The van der Waals surface area contributed by atoms with Crippen LogP contribution in [0.2, 0.25) is 0 Å². The summed E-state index contributed by atoms with van der Waals surface area (Å²) in [5.74, 6) is -0.594. The third kappa shape index (κ3) is 5.87. The second kappa shape index (κ2) is 8.35. The highest BCUT2D eigenvalue weighted by molar-refractivity contribution is 5.83. The Morgan fingerprint density at radius 3 is 2.45 bits per heavy atom. The number of amides is 1. The van der Waals surface area contributed by atoms with E-state index in [-0.39, 0.29) is 11.9 Å². The first-order chi connectivity index (χ1) is 9.52. The molecule has 0 radical (unpaired) electrons. The minimum Gasteiger partial charge on any atom is -0.464 e. The minimum absolute atomic E-state index is 0.227. The quantitative estimate of drug-likeness (QED) is 0.615. The fourth-order valence-corrected chi connectivity index (χ4v) is 1.82. The average Bonchev–Trinajstić information content (AvgIpc) is 2.40. The number of hydrogen-bond donors (Lipinski definition) is 1. The van der Waals surface area contributed by atoms with Crippen molar-refractivity contribution < 1.29 is 14.3 Å². The van der Waals surface area contributed by atoms with Gasteiger partial charge in [-0.25, -0.2) is 4.79 Å².